The summed E-state index contributed by atoms with van der Waals surface area (Å²) in [5.74, 6) is 0.968. The number of carbonyl (C=O) groups is 1. The van der Waals surface area contributed by atoms with Gasteiger partial charge in [0.1, 0.15) is 6.04 Å². The number of aromatic nitrogens is 4. The predicted molar refractivity (Wildman–Crippen MR) is 97.9 cm³/mol. The molecule has 1 unspecified atom stereocenters. The van der Waals surface area contributed by atoms with Crippen LogP contribution >= 0.6 is 0 Å². The SMILES string of the molecule is O=C(c1cnn2ccccc12)N1CCCC1c1nc(-c2ccccc2)no1. The van der Waals surface area contributed by atoms with Crippen LogP contribution in [-0.2, 0) is 0 Å². The van der Waals surface area contributed by atoms with Gasteiger partial charge in [0, 0.05) is 18.3 Å². The fraction of sp³-hybridized carbons (Fsp3) is 0.200. The second-order valence-corrected chi connectivity index (χ2v) is 6.57. The molecule has 1 saturated heterocycles. The average molecular weight is 359 g/mol. The molecule has 27 heavy (non-hydrogen) atoms. The lowest BCUT2D eigenvalue weighted by molar-refractivity contribution is 0.0712. The van der Waals surface area contributed by atoms with Crippen molar-refractivity contribution in [2.45, 2.75) is 18.9 Å². The fourth-order valence-electron chi connectivity index (χ4n) is 3.60. The summed E-state index contributed by atoms with van der Waals surface area (Å²) in [5, 5.41) is 8.37. The lowest BCUT2D eigenvalue weighted by Crippen LogP contribution is -2.30. The number of pyridine rings is 1. The van der Waals surface area contributed by atoms with Gasteiger partial charge in [0.15, 0.2) is 0 Å². The maximum atomic E-state index is 13.2. The van der Waals surface area contributed by atoms with Crippen LogP contribution in [0, 0.1) is 0 Å². The number of hydrogen-bond donors (Lipinski definition) is 0. The third-order valence-corrected chi connectivity index (χ3v) is 4.93. The van der Waals surface area contributed by atoms with Crippen LogP contribution in [0.1, 0.15) is 35.1 Å². The molecular weight excluding hydrogens is 342 g/mol. The van der Waals surface area contributed by atoms with Gasteiger partial charge in [-0.25, -0.2) is 4.52 Å². The molecule has 0 saturated carbocycles. The van der Waals surface area contributed by atoms with Crippen LogP contribution in [0.15, 0.2) is 65.4 Å². The molecule has 7 heteroatoms. The molecule has 0 aliphatic carbocycles. The van der Waals surface area contributed by atoms with Crippen LogP contribution in [0.5, 0.6) is 0 Å². The molecule has 0 radical (unpaired) electrons. The van der Waals surface area contributed by atoms with E-state index in [4.69, 9.17) is 4.52 Å². The molecule has 134 valence electrons. The Morgan fingerprint density at radius 2 is 1.96 bits per heavy atom. The standard InChI is InChI=1S/C20H17N5O2/c26-20(15-13-21-25-12-5-4-9-16(15)25)24-11-6-10-17(24)19-22-18(23-27-19)14-7-2-1-3-8-14/h1-5,7-9,12-13,17H,6,10-11H2. The topological polar surface area (TPSA) is 76.5 Å². The number of nitrogens with zero attached hydrogens (tertiary/aromatic N) is 5. The smallest absolute Gasteiger partial charge is 0.258 e. The molecule has 4 aromatic rings. The van der Waals surface area contributed by atoms with Crippen molar-refractivity contribution >= 4 is 11.4 Å². The molecule has 0 spiro atoms. The van der Waals surface area contributed by atoms with Gasteiger partial charge >= 0.3 is 0 Å². The Balaban J connectivity index is 1.45. The average Bonchev–Trinajstić information content (AvgIpc) is 3.46. The third-order valence-electron chi connectivity index (χ3n) is 4.93. The van der Waals surface area contributed by atoms with Gasteiger partial charge in [-0.05, 0) is 25.0 Å². The van der Waals surface area contributed by atoms with Crippen LogP contribution < -0.4 is 0 Å². The van der Waals surface area contributed by atoms with Crippen LogP contribution in [0.25, 0.3) is 16.9 Å². The summed E-state index contributed by atoms with van der Waals surface area (Å²) in [6.45, 7) is 0.663. The number of benzene rings is 1. The van der Waals surface area contributed by atoms with Gasteiger partial charge in [-0.3, -0.25) is 4.79 Å². The van der Waals surface area contributed by atoms with E-state index >= 15 is 0 Å². The van der Waals surface area contributed by atoms with Crippen molar-refractivity contribution in [2.24, 2.45) is 0 Å². The molecule has 1 aliphatic heterocycles. The summed E-state index contributed by atoms with van der Waals surface area (Å²) in [4.78, 5) is 19.5. The zero-order chi connectivity index (χ0) is 18.2. The maximum Gasteiger partial charge on any atom is 0.258 e. The summed E-state index contributed by atoms with van der Waals surface area (Å²) in [7, 11) is 0. The van der Waals surface area contributed by atoms with Crippen molar-refractivity contribution in [2.75, 3.05) is 6.54 Å². The Labute approximate surface area is 155 Å². The second kappa shape index (κ2) is 6.35. The van der Waals surface area contributed by atoms with E-state index < -0.39 is 0 Å². The van der Waals surface area contributed by atoms with Crippen LogP contribution in [0.3, 0.4) is 0 Å². The summed E-state index contributed by atoms with van der Waals surface area (Å²) < 4.78 is 7.22. The number of amides is 1. The summed E-state index contributed by atoms with van der Waals surface area (Å²) >= 11 is 0. The Kier molecular flexibility index (Phi) is 3.71. The van der Waals surface area contributed by atoms with Crippen LogP contribution in [0.2, 0.25) is 0 Å². The van der Waals surface area contributed by atoms with Crippen molar-refractivity contribution in [1.82, 2.24) is 24.7 Å². The van der Waals surface area contributed by atoms with Crippen molar-refractivity contribution < 1.29 is 9.32 Å². The molecule has 5 rings (SSSR count). The number of likely N-dealkylation sites (tertiary alicyclic amines) is 1. The molecule has 1 amide bonds. The fourth-order valence-corrected chi connectivity index (χ4v) is 3.60. The zero-order valence-electron chi connectivity index (χ0n) is 14.5. The van der Waals surface area contributed by atoms with Gasteiger partial charge in [0.25, 0.3) is 5.91 Å². The summed E-state index contributed by atoms with van der Waals surface area (Å²) in [6.07, 6.45) is 5.16. The quantitative estimate of drug-likeness (QED) is 0.561. The van der Waals surface area contributed by atoms with Crippen molar-refractivity contribution in [3.63, 3.8) is 0 Å². The first kappa shape index (κ1) is 15.7. The van der Waals surface area contributed by atoms with Crippen molar-refractivity contribution in [3.05, 3.63) is 72.4 Å². The zero-order valence-corrected chi connectivity index (χ0v) is 14.5. The first-order valence-electron chi connectivity index (χ1n) is 8.93. The van der Waals surface area contributed by atoms with Gasteiger partial charge < -0.3 is 9.42 Å². The van der Waals surface area contributed by atoms with Crippen molar-refractivity contribution in [3.8, 4) is 11.4 Å². The lowest BCUT2D eigenvalue weighted by Gasteiger charge is -2.21. The molecule has 0 N–H and O–H groups in total. The number of hydrogen-bond acceptors (Lipinski definition) is 5. The molecule has 3 aromatic heterocycles. The van der Waals surface area contributed by atoms with Gasteiger partial charge in [-0.15, -0.1) is 0 Å². The lowest BCUT2D eigenvalue weighted by atomic mass is 10.2. The van der Waals surface area contributed by atoms with E-state index in [0.717, 1.165) is 23.9 Å². The van der Waals surface area contributed by atoms with Gasteiger partial charge in [-0.1, -0.05) is 41.6 Å². The minimum absolute atomic E-state index is 0.0573. The van der Waals surface area contributed by atoms with Crippen molar-refractivity contribution in [1.29, 1.82) is 0 Å². The number of fused-ring (bicyclic) bond motifs is 1. The summed E-state index contributed by atoms with van der Waals surface area (Å²) in [6, 6.07) is 15.2. The second-order valence-electron chi connectivity index (χ2n) is 6.57. The monoisotopic (exact) mass is 359 g/mol. The van der Waals surface area contributed by atoms with Gasteiger partial charge in [-0.2, -0.15) is 10.1 Å². The number of rotatable bonds is 3. The van der Waals surface area contributed by atoms with E-state index in [1.165, 1.54) is 0 Å². The van der Waals surface area contributed by atoms with Crippen LogP contribution in [0.4, 0.5) is 0 Å². The van der Waals surface area contributed by atoms with E-state index in [2.05, 4.69) is 15.2 Å². The molecule has 1 aliphatic rings. The highest BCUT2D eigenvalue weighted by Gasteiger charge is 2.35. The highest BCUT2D eigenvalue weighted by atomic mass is 16.5. The maximum absolute atomic E-state index is 13.2. The molecular formula is C20H17N5O2. The molecule has 1 fully saturated rings. The summed E-state index contributed by atoms with van der Waals surface area (Å²) in [5.41, 5.74) is 2.28. The largest absolute Gasteiger partial charge is 0.337 e. The van der Waals surface area contributed by atoms with Crippen LogP contribution in [-0.4, -0.2) is 37.1 Å². The van der Waals surface area contributed by atoms with E-state index in [-0.39, 0.29) is 11.9 Å². The van der Waals surface area contributed by atoms with Gasteiger partial charge in [0.05, 0.1) is 17.3 Å². The third kappa shape index (κ3) is 2.68. The van der Waals surface area contributed by atoms with E-state index in [1.54, 1.807) is 10.7 Å². The van der Waals surface area contributed by atoms with E-state index in [0.29, 0.717) is 23.8 Å². The first-order valence-corrected chi connectivity index (χ1v) is 8.93. The molecule has 1 aromatic carbocycles. The minimum atomic E-state index is -0.207. The highest BCUT2D eigenvalue weighted by molar-refractivity contribution is 6.00. The Bertz CT molecular complexity index is 1100. The number of carbonyl (C=O) groups excluding carboxylic acids is 1. The predicted octanol–water partition coefficient (Wildman–Crippen LogP) is 3.36. The Morgan fingerprint density at radius 1 is 1.11 bits per heavy atom. The Hall–Kier alpha value is -3.48. The normalized spacial score (nSPS) is 16.9. The highest BCUT2D eigenvalue weighted by Crippen LogP contribution is 2.33. The Morgan fingerprint density at radius 3 is 2.85 bits per heavy atom. The molecule has 7 nitrogen and oxygen atoms in total. The minimum Gasteiger partial charge on any atom is -0.337 e. The van der Waals surface area contributed by atoms with Gasteiger partial charge in [0.2, 0.25) is 11.7 Å². The first-order chi connectivity index (χ1) is 13.3. The molecule has 4 heterocycles. The van der Waals surface area contributed by atoms with E-state index in [1.807, 2.05) is 59.6 Å². The molecule has 0 bridgehead atoms. The molecule has 1 atom stereocenters. The van der Waals surface area contributed by atoms with E-state index in [9.17, 15) is 4.79 Å².